The molecule has 126 valence electrons. The summed E-state index contributed by atoms with van der Waals surface area (Å²) in [6.45, 7) is 2.51. The molecule has 0 spiro atoms. The van der Waals surface area contributed by atoms with E-state index in [9.17, 15) is 4.79 Å². The third-order valence-electron chi connectivity index (χ3n) is 3.83. The van der Waals surface area contributed by atoms with Crippen LogP contribution in [0, 0.1) is 6.92 Å². The monoisotopic (exact) mass is 351 g/mol. The van der Waals surface area contributed by atoms with E-state index in [1.807, 2.05) is 55.5 Å². The molecule has 5 heteroatoms. The maximum atomic E-state index is 12.4. The quantitative estimate of drug-likeness (QED) is 0.686. The number of carbonyl (C=O) groups is 1. The summed E-state index contributed by atoms with van der Waals surface area (Å²) in [6.07, 6.45) is 3.23. The number of nitrogens with zero attached hydrogens (tertiary/aromatic N) is 1. The van der Waals surface area contributed by atoms with Crippen molar-refractivity contribution >= 4 is 28.9 Å². The molecule has 0 bridgehead atoms. The molecular weight excluding hydrogens is 334 g/mol. The number of para-hydroxylation sites is 1. The van der Waals surface area contributed by atoms with Crippen LogP contribution in [-0.4, -0.2) is 10.9 Å². The molecule has 2 N–H and O–H groups in total. The molecule has 4 nitrogen and oxygen atoms in total. The number of hydrogen-bond acceptors (Lipinski definition) is 3. The van der Waals surface area contributed by atoms with Crippen LogP contribution in [0.4, 0.5) is 11.4 Å². The first-order valence-electron chi connectivity index (χ1n) is 7.93. The normalized spacial score (nSPS) is 10.3. The number of hydrogen-bond donors (Lipinski definition) is 2. The fraction of sp³-hybridized carbons (Fsp3) is 0.100. The van der Waals surface area contributed by atoms with E-state index in [1.165, 1.54) is 0 Å². The van der Waals surface area contributed by atoms with Crippen LogP contribution in [0.5, 0.6) is 0 Å². The number of aromatic nitrogens is 1. The Labute approximate surface area is 151 Å². The number of pyridine rings is 1. The molecule has 1 heterocycles. The van der Waals surface area contributed by atoms with Gasteiger partial charge in [-0.25, -0.2) is 0 Å². The second-order valence-corrected chi connectivity index (χ2v) is 6.08. The van der Waals surface area contributed by atoms with Crippen LogP contribution in [0.25, 0.3) is 0 Å². The Morgan fingerprint density at radius 2 is 1.84 bits per heavy atom. The summed E-state index contributed by atoms with van der Waals surface area (Å²) >= 11 is 6.16. The van der Waals surface area contributed by atoms with Crippen molar-refractivity contribution in [1.82, 2.24) is 4.98 Å². The summed E-state index contributed by atoms with van der Waals surface area (Å²) in [5.74, 6) is -0.191. The van der Waals surface area contributed by atoms with Crippen molar-refractivity contribution in [3.63, 3.8) is 0 Å². The van der Waals surface area contributed by atoms with E-state index in [-0.39, 0.29) is 5.91 Å². The van der Waals surface area contributed by atoms with Gasteiger partial charge >= 0.3 is 0 Å². The summed E-state index contributed by atoms with van der Waals surface area (Å²) in [6, 6.07) is 17.1. The average Bonchev–Trinajstić information content (AvgIpc) is 2.63. The van der Waals surface area contributed by atoms with Crippen LogP contribution >= 0.6 is 11.6 Å². The minimum absolute atomic E-state index is 0.191. The second kappa shape index (κ2) is 7.81. The summed E-state index contributed by atoms with van der Waals surface area (Å²) in [7, 11) is 0. The van der Waals surface area contributed by atoms with Crippen molar-refractivity contribution in [1.29, 1.82) is 0 Å². The number of nitrogens with one attached hydrogen (secondary N) is 2. The average molecular weight is 352 g/mol. The summed E-state index contributed by atoms with van der Waals surface area (Å²) in [4.78, 5) is 16.6. The molecule has 0 aliphatic rings. The molecule has 3 rings (SSSR count). The number of aryl methyl sites for hydroxylation is 1. The summed E-state index contributed by atoms with van der Waals surface area (Å²) in [5.41, 5.74) is 4.04. The number of rotatable bonds is 5. The standard InChI is InChI=1S/C20H18ClN3O/c1-14-6-2-5-9-19(14)24-20(25)16-10-17(13-22-11-16)23-12-15-7-3-4-8-18(15)21/h2-11,13,23H,12H2,1H3,(H,24,25). The van der Waals surface area contributed by atoms with Crippen LogP contribution in [0.2, 0.25) is 5.02 Å². The van der Waals surface area contributed by atoms with Crippen molar-refractivity contribution in [2.45, 2.75) is 13.5 Å². The van der Waals surface area contributed by atoms with Crippen molar-refractivity contribution in [2.24, 2.45) is 0 Å². The van der Waals surface area contributed by atoms with Gasteiger partial charge in [-0.3, -0.25) is 9.78 Å². The lowest BCUT2D eigenvalue weighted by Gasteiger charge is -2.10. The highest BCUT2D eigenvalue weighted by Crippen LogP contribution is 2.18. The maximum absolute atomic E-state index is 12.4. The van der Waals surface area contributed by atoms with Gasteiger partial charge in [-0.1, -0.05) is 48.0 Å². The molecular formula is C20H18ClN3O. The molecule has 25 heavy (non-hydrogen) atoms. The topological polar surface area (TPSA) is 54.0 Å². The molecule has 0 unspecified atom stereocenters. The van der Waals surface area contributed by atoms with E-state index in [4.69, 9.17) is 11.6 Å². The van der Waals surface area contributed by atoms with Crippen LogP contribution in [0.3, 0.4) is 0 Å². The highest BCUT2D eigenvalue weighted by molar-refractivity contribution is 6.31. The van der Waals surface area contributed by atoms with Gasteiger partial charge in [-0.15, -0.1) is 0 Å². The predicted octanol–water partition coefficient (Wildman–Crippen LogP) is 4.91. The Kier molecular flexibility index (Phi) is 5.31. The lowest BCUT2D eigenvalue weighted by Crippen LogP contribution is -2.13. The van der Waals surface area contributed by atoms with E-state index in [2.05, 4.69) is 15.6 Å². The molecule has 0 fully saturated rings. The van der Waals surface area contributed by atoms with Crippen molar-refractivity contribution in [3.8, 4) is 0 Å². The van der Waals surface area contributed by atoms with E-state index < -0.39 is 0 Å². The van der Waals surface area contributed by atoms with Crippen LogP contribution in [0.15, 0.2) is 67.0 Å². The minimum Gasteiger partial charge on any atom is -0.380 e. The van der Waals surface area contributed by atoms with Gasteiger partial charge in [0.1, 0.15) is 0 Å². The van der Waals surface area contributed by atoms with Crippen LogP contribution in [-0.2, 0) is 6.54 Å². The summed E-state index contributed by atoms with van der Waals surface area (Å²) < 4.78 is 0. The number of halogens is 1. The smallest absolute Gasteiger partial charge is 0.257 e. The zero-order chi connectivity index (χ0) is 17.6. The Morgan fingerprint density at radius 1 is 1.08 bits per heavy atom. The molecule has 0 saturated carbocycles. The van der Waals surface area contributed by atoms with E-state index in [0.717, 1.165) is 22.5 Å². The van der Waals surface area contributed by atoms with Gasteiger partial charge in [0, 0.05) is 29.6 Å². The van der Waals surface area contributed by atoms with Gasteiger partial charge < -0.3 is 10.6 Å². The highest BCUT2D eigenvalue weighted by atomic mass is 35.5. The van der Waals surface area contributed by atoms with E-state index in [1.54, 1.807) is 18.5 Å². The summed E-state index contributed by atoms with van der Waals surface area (Å²) in [5, 5.41) is 6.86. The maximum Gasteiger partial charge on any atom is 0.257 e. The molecule has 0 saturated heterocycles. The van der Waals surface area contributed by atoms with Crippen molar-refractivity contribution < 1.29 is 4.79 Å². The predicted molar refractivity (Wildman–Crippen MR) is 102 cm³/mol. The zero-order valence-corrected chi connectivity index (χ0v) is 14.5. The van der Waals surface area contributed by atoms with Gasteiger partial charge in [0.05, 0.1) is 11.3 Å². The lowest BCUT2D eigenvalue weighted by atomic mass is 10.2. The molecule has 0 aliphatic heterocycles. The fourth-order valence-corrected chi connectivity index (χ4v) is 2.61. The van der Waals surface area contributed by atoms with Crippen molar-refractivity contribution in [3.05, 3.63) is 88.7 Å². The largest absolute Gasteiger partial charge is 0.380 e. The second-order valence-electron chi connectivity index (χ2n) is 5.68. The number of benzene rings is 2. The Hall–Kier alpha value is -2.85. The van der Waals surface area contributed by atoms with Gasteiger partial charge in [0.2, 0.25) is 0 Å². The van der Waals surface area contributed by atoms with Gasteiger partial charge in [-0.05, 0) is 36.2 Å². The third kappa shape index (κ3) is 4.37. The van der Waals surface area contributed by atoms with E-state index >= 15 is 0 Å². The Morgan fingerprint density at radius 3 is 2.64 bits per heavy atom. The van der Waals surface area contributed by atoms with Gasteiger partial charge in [-0.2, -0.15) is 0 Å². The minimum atomic E-state index is -0.191. The number of carbonyl (C=O) groups excluding carboxylic acids is 1. The Balaban J connectivity index is 1.70. The number of anilines is 2. The first-order valence-corrected chi connectivity index (χ1v) is 8.30. The molecule has 0 atom stereocenters. The third-order valence-corrected chi connectivity index (χ3v) is 4.20. The molecule has 0 aliphatic carbocycles. The van der Waals surface area contributed by atoms with Crippen LogP contribution in [0.1, 0.15) is 21.5 Å². The molecule has 2 aromatic carbocycles. The molecule has 1 aromatic heterocycles. The molecule has 0 radical (unpaired) electrons. The Bertz CT molecular complexity index is 895. The molecule has 3 aromatic rings. The first-order chi connectivity index (χ1) is 12.1. The van der Waals surface area contributed by atoms with Gasteiger partial charge in [0.25, 0.3) is 5.91 Å². The van der Waals surface area contributed by atoms with Gasteiger partial charge in [0.15, 0.2) is 0 Å². The van der Waals surface area contributed by atoms with Crippen molar-refractivity contribution in [2.75, 3.05) is 10.6 Å². The highest BCUT2D eigenvalue weighted by Gasteiger charge is 2.09. The number of amides is 1. The lowest BCUT2D eigenvalue weighted by molar-refractivity contribution is 0.102. The molecule has 1 amide bonds. The van der Waals surface area contributed by atoms with E-state index in [0.29, 0.717) is 17.1 Å². The van der Waals surface area contributed by atoms with Crippen LogP contribution < -0.4 is 10.6 Å². The SMILES string of the molecule is Cc1ccccc1NC(=O)c1cncc(NCc2ccccc2Cl)c1. The fourth-order valence-electron chi connectivity index (χ4n) is 2.41. The first kappa shape index (κ1) is 17.0. The zero-order valence-electron chi connectivity index (χ0n) is 13.8.